The average Bonchev–Trinajstić information content (AvgIpc) is 3.20. The van der Waals surface area contributed by atoms with E-state index in [0.29, 0.717) is 25.5 Å². The van der Waals surface area contributed by atoms with Gasteiger partial charge in [0.25, 0.3) is 0 Å². The predicted octanol–water partition coefficient (Wildman–Crippen LogP) is 5.31. The van der Waals surface area contributed by atoms with Crippen LogP contribution in [0.2, 0.25) is 5.02 Å². The van der Waals surface area contributed by atoms with E-state index in [2.05, 4.69) is 15.3 Å². The zero-order chi connectivity index (χ0) is 25.1. The Hall–Kier alpha value is -2.59. The number of hydrogen-bond acceptors (Lipinski definition) is 6. The number of alkyl halides is 3. The first-order valence-electron chi connectivity index (χ1n) is 10.8. The van der Waals surface area contributed by atoms with E-state index in [9.17, 15) is 18.0 Å². The molecule has 11 heteroatoms. The molecule has 34 heavy (non-hydrogen) atoms. The molecule has 1 fully saturated rings. The van der Waals surface area contributed by atoms with E-state index in [-0.39, 0.29) is 28.9 Å². The lowest BCUT2D eigenvalue weighted by atomic mass is 10.1. The fourth-order valence-electron chi connectivity index (χ4n) is 3.68. The summed E-state index contributed by atoms with van der Waals surface area (Å²) in [5, 5.41) is 2.41. The lowest BCUT2D eigenvalue weighted by Gasteiger charge is -2.22. The van der Waals surface area contributed by atoms with Crippen molar-refractivity contribution in [3.05, 3.63) is 40.5 Å². The van der Waals surface area contributed by atoms with Crippen molar-refractivity contribution >= 4 is 23.5 Å². The Labute approximate surface area is 201 Å². The van der Waals surface area contributed by atoms with Crippen LogP contribution < -0.4 is 10.2 Å². The number of benzene rings is 1. The van der Waals surface area contributed by atoms with Crippen LogP contribution in [0.15, 0.2) is 24.4 Å². The van der Waals surface area contributed by atoms with Gasteiger partial charge in [0.2, 0.25) is 0 Å². The molecule has 3 rings (SSSR count). The maximum absolute atomic E-state index is 13.3. The second kappa shape index (κ2) is 10.4. The number of methoxy groups -OCH3 is 1. The summed E-state index contributed by atoms with van der Waals surface area (Å²) in [5.74, 6) is 0.913. The molecule has 0 saturated carbocycles. The van der Waals surface area contributed by atoms with Crippen molar-refractivity contribution < 1.29 is 27.4 Å². The highest BCUT2D eigenvalue weighted by Gasteiger charge is 2.34. The van der Waals surface area contributed by atoms with Gasteiger partial charge in [-0.15, -0.1) is 0 Å². The van der Waals surface area contributed by atoms with Crippen molar-refractivity contribution in [2.24, 2.45) is 5.92 Å². The molecule has 1 aliphatic heterocycles. The maximum Gasteiger partial charge on any atom is 0.417 e. The van der Waals surface area contributed by atoms with E-state index < -0.39 is 23.4 Å². The smallest absolute Gasteiger partial charge is 0.417 e. The number of rotatable bonds is 6. The van der Waals surface area contributed by atoms with Gasteiger partial charge < -0.3 is 19.7 Å². The monoisotopic (exact) mass is 500 g/mol. The van der Waals surface area contributed by atoms with Crippen LogP contribution in [0.4, 0.5) is 23.8 Å². The zero-order valence-electron chi connectivity index (χ0n) is 19.5. The number of hydrogen-bond donors (Lipinski definition) is 1. The van der Waals surface area contributed by atoms with Crippen LogP contribution in [0, 0.1) is 5.92 Å². The lowest BCUT2D eigenvalue weighted by molar-refractivity contribution is -0.137. The minimum absolute atomic E-state index is 0.160. The Morgan fingerprint density at radius 1 is 1.29 bits per heavy atom. The number of amides is 1. The maximum atomic E-state index is 13.3. The van der Waals surface area contributed by atoms with Crippen molar-refractivity contribution in [1.82, 2.24) is 15.3 Å². The molecule has 7 nitrogen and oxygen atoms in total. The van der Waals surface area contributed by atoms with Gasteiger partial charge in [-0.2, -0.15) is 13.2 Å². The second-order valence-electron chi connectivity index (χ2n) is 9.15. The largest absolute Gasteiger partial charge is 0.444 e. The van der Waals surface area contributed by atoms with Gasteiger partial charge in [0, 0.05) is 44.1 Å². The molecule has 0 spiro atoms. The van der Waals surface area contributed by atoms with E-state index >= 15 is 0 Å². The Bertz CT molecular complexity index is 1030. The predicted molar refractivity (Wildman–Crippen MR) is 123 cm³/mol. The molecule has 0 radical (unpaired) electrons. The summed E-state index contributed by atoms with van der Waals surface area (Å²) in [6, 6.07) is 3.61. The second-order valence-corrected chi connectivity index (χ2v) is 9.56. The summed E-state index contributed by atoms with van der Waals surface area (Å²) >= 11 is 5.75. The van der Waals surface area contributed by atoms with Gasteiger partial charge in [-0.3, -0.25) is 0 Å². The molecule has 1 aromatic heterocycles. The number of carbonyl (C=O) groups is 1. The molecular formula is C23H28ClF3N4O3. The van der Waals surface area contributed by atoms with Gasteiger partial charge in [-0.1, -0.05) is 11.6 Å². The number of nitrogens with one attached hydrogen (secondary N) is 1. The first kappa shape index (κ1) is 26.0. The molecule has 1 aliphatic rings. The van der Waals surface area contributed by atoms with Crippen LogP contribution in [-0.2, 0) is 22.3 Å². The lowest BCUT2D eigenvalue weighted by Crippen LogP contribution is -2.36. The van der Waals surface area contributed by atoms with E-state index in [1.54, 1.807) is 34.1 Å². The Balaban J connectivity index is 1.79. The normalized spacial score (nSPS) is 16.6. The highest BCUT2D eigenvalue weighted by Crippen LogP contribution is 2.37. The number of carbonyl (C=O) groups excluding carboxylic acids is 1. The zero-order valence-corrected chi connectivity index (χ0v) is 20.3. The average molecular weight is 501 g/mol. The van der Waals surface area contributed by atoms with Crippen LogP contribution >= 0.6 is 11.6 Å². The fraction of sp³-hybridized carbons (Fsp3) is 0.522. The van der Waals surface area contributed by atoms with Crippen LogP contribution in [0.1, 0.15) is 38.3 Å². The standard InChI is InChI=1S/C23H28ClF3N4O3/c1-22(2,3)34-21(32)29-10-14-7-8-31(12-14)20-16(13-33-4)11-28-19(30-20)15-5-6-18(24)17(9-15)23(25,26)27/h5-6,9,11,14H,7-8,10,12-13H2,1-4H3,(H,29,32). The molecule has 2 aromatic rings. The highest BCUT2D eigenvalue weighted by molar-refractivity contribution is 6.31. The topological polar surface area (TPSA) is 76.6 Å². The van der Waals surface area contributed by atoms with Crippen LogP contribution in [-0.4, -0.2) is 48.4 Å². The molecule has 1 amide bonds. The summed E-state index contributed by atoms with van der Waals surface area (Å²) in [5.41, 5.74) is -0.584. The van der Waals surface area contributed by atoms with Crippen molar-refractivity contribution in [2.45, 2.75) is 45.6 Å². The molecule has 0 aliphatic carbocycles. The summed E-state index contributed by atoms with van der Waals surface area (Å²) in [6.45, 7) is 7.36. The SMILES string of the molecule is COCc1cnc(-c2ccc(Cl)c(C(F)(F)F)c2)nc1N1CCC(CNC(=O)OC(C)(C)C)C1. The minimum atomic E-state index is -4.59. The van der Waals surface area contributed by atoms with Gasteiger partial charge in [-0.25, -0.2) is 14.8 Å². The summed E-state index contributed by atoms with van der Waals surface area (Å²) in [7, 11) is 1.55. The minimum Gasteiger partial charge on any atom is -0.444 e. The molecule has 1 saturated heterocycles. The van der Waals surface area contributed by atoms with Gasteiger partial charge >= 0.3 is 12.3 Å². The molecule has 186 valence electrons. The van der Waals surface area contributed by atoms with Crippen molar-refractivity contribution in [3.63, 3.8) is 0 Å². The third kappa shape index (κ3) is 6.73. The van der Waals surface area contributed by atoms with E-state index in [4.69, 9.17) is 21.1 Å². The van der Waals surface area contributed by atoms with Gasteiger partial charge in [-0.05, 0) is 51.3 Å². The first-order valence-corrected chi connectivity index (χ1v) is 11.2. The fourth-order valence-corrected chi connectivity index (χ4v) is 3.91. The van der Waals surface area contributed by atoms with E-state index in [1.165, 1.54) is 12.1 Å². The number of nitrogens with zero attached hydrogens (tertiary/aromatic N) is 3. The Morgan fingerprint density at radius 3 is 2.68 bits per heavy atom. The van der Waals surface area contributed by atoms with Crippen molar-refractivity contribution in [3.8, 4) is 11.4 Å². The number of ether oxygens (including phenoxy) is 2. The summed E-state index contributed by atoms with van der Waals surface area (Å²) < 4.78 is 50.5. The quantitative estimate of drug-likeness (QED) is 0.579. The van der Waals surface area contributed by atoms with Crippen molar-refractivity contribution in [1.29, 1.82) is 0 Å². The first-order chi connectivity index (χ1) is 15.9. The van der Waals surface area contributed by atoms with Crippen LogP contribution in [0.3, 0.4) is 0 Å². The van der Waals surface area contributed by atoms with Crippen LogP contribution in [0.25, 0.3) is 11.4 Å². The number of aromatic nitrogens is 2. The number of alkyl carbamates (subject to hydrolysis) is 1. The molecule has 1 atom stereocenters. The summed E-state index contributed by atoms with van der Waals surface area (Å²) in [4.78, 5) is 22.8. The van der Waals surface area contributed by atoms with Gasteiger partial charge in [0.1, 0.15) is 11.4 Å². The molecule has 2 heterocycles. The molecule has 1 unspecified atom stereocenters. The number of halogens is 4. The van der Waals surface area contributed by atoms with Gasteiger partial charge in [0.05, 0.1) is 17.2 Å². The third-order valence-corrected chi connectivity index (χ3v) is 5.52. The van der Waals surface area contributed by atoms with E-state index in [1.807, 2.05) is 4.90 Å². The number of anilines is 1. The van der Waals surface area contributed by atoms with Gasteiger partial charge in [0.15, 0.2) is 5.82 Å². The van der Waals surface area contributed by atoms with E-state index in [0.717, 1.165) is 18.1 Å². The highest BCUT2D eigenvalue weighted by atomic mass is 35.5. The Morgan fingerprint density at radius 2 is 2.03 bits per heavy atom. The molecule has 1 N–H and O–H groups in total. The molecule has 1 aromatic carbocycles. The Kier molecular flexibility index (Phi) is 7.92. The molecule has 0 bridgehead atoms. The molecular weight excluding hydrogens is 473 g/mol. The summed E-state index contributed by atoms with van der Waals surface area (Å²) in [6.07, 6.45) is -2.69. The van der Waals surface area contributed by atoms with Crippen LogP contribution in [0.5, 0.6) is 0 Å². The van der Waals surface area contributed by atoms with Crippen molar-refractivity contribution in [2.75, 3.05) is 31.6 Å². The third-order valence-electron chi connectivity index (χ3n) is 5.19.